The van der Waals surface area contributed by atoms with Gasteiger partial charge in [-0.1, -0.05) is 31.5 Å². The Morgan fingerprint density at radius 2 is 1.95 bits per heavy atom. The predicted molar refractivity (Wildman–Crippen MR) is 86.1 cm³/mol. The van der Waals surface area contributed by atoms with E-state index in [4.69, 9.17) is 0 Å². The smallest absolute Gasteiger partial charge is 0.0294 e. The lowest BCUT2D eigenvalue weighted by atomic mass is 9.89. The first-order chi connectivity index (χ1) is 9.76. The predicted octanol–water partition coefficient (Wildman–Crippen LogP) is 4.79. The summed E-state index contributed by atoms with van der Waals surface area (Å²) in [6.07, 6.45) is 10.9. The van der Waals surface area contributed by atoms with Crippen molar-refractivity contribution in [2.75, 3.05) is 0 Å². The Morgan fingerprint density at radius 1 is 1.15 bits per heavy atom. The highest BCUT2D eigenvalue weighted by Crippen LogP contribution is 2.30. The normalized spacial score (nSPS) is 27.3. The van der Waals surface area contributed by atoms with Gasteiger partial charge in [0.15, 0.2) is 0 Å². The molecular weight excluding hydrogens is 242 g/mol. The fourth-order valence-electron chi connectivity index (χ4n) is 4.07. The average Bonchev–Trinajstić information content (AvgIpc) is 2.94. The van der Waals surface area contributed by atoms with Gasteiger partial charge in [0.2, 0.25) is 0 Å². The van der Waals surface area contributed by atoms with Crippen LogP contribution < -0.4 is 5.32 Å². The molecule has 3 atom stereocenters. The second-order valence-corrected chi connectivity index (χ2v) is 6.91. The summed E-state index contributed by atoms with van der Waals surface area (Å²) in [6.45, 7) is 4.67. The van der Waals surface area contributed by atoms with Crippen LogP contribution >= 0.6 is 0 Å². The molecule has 110 valence electrons. The van der Waals surface area contributed by atoms with E-state index < -0.39 is 0 Å². The molecule has 1 heteroatoms. The molecular formula is C19H29N. The number of aryl methyl sites for hydroxylation is 2. The fraction of sp³-hybridized carbons (Fsp3) is 0.684. The topological polar surface area (TPSA) is 12.0 Å². The second-order valence-electron chi connectivity index (χ2n) is 6.91. The van der Waals surface area contributed by atoms with E-state index in [1.54, 1.807) is 11.1 Å². The minimum absolute atomic E-state index is 0.503. The Kier molecular flexibility index (Phi) is 4.45. The zero-order chi connectivity index (χ0) is 13.9. The molecule has 1 saturated carbocycles. The molecule has 1 aromatic carbocycles. The lowest BCUT2D eigenvalue weighted by Crippen LogP contribution is -2.29. The van der Waals surface area contributed by atoms with Crippen LogP contribution in [0.25, 0.3) is 0 Å². The quantitative estimate of drug-likeness (QED) is 0.830. The maximum Gasteiger partial charge on any atom is 0.0294 e. The van der Waals surface area contributed by atoms with Crippen LogP contribution in [-0.2, 0) is 12.8 Å². The van der Waals surface area contributed by atoms with Crippen molar-refractivity contribution in [3.05, 3.63) is 34.9 Å². The van der Waals surface area contributed by atoms with Crippen molar-refractivity contribution < 1.29 is 0 Å². The van der Waals surface area contributed by atoms with Gasteiger partial charge >= 0.3 is 0 Å². The van der Waals surface area contributed by atoms with E-state index in [-0.39, 0.29) is 0 Å². The molecule has 0 aliphatic heterocycles. The summed E-state index contributed by atoms with van der Waals surface area (Å²) in [5, 5.41) is 3.87. The van der Waals surface area contributed by atoms with Gasteiger partial charge in [0.05, 0.1) is 0 Å². The van der Waals surface area contributed by atoms with Crippen LogP contribution in [0.3, 0.4) is 0 Å². The van der Waals surface area contributed by atoms with Gasteiger partial charge < -0.3 is 5.32 Å². The number of hydrogen-bond acceptors (Lipinski definition) is 1. The first-order valence-electron chi connectivity index (χ1n) is 8.64. The van der Waals surface area contributed by atoms with E-state index in [9.17, 15) is 0 Å². The van der Waals surface area contributed by atoms with Crippen molar-refractivity contribution in [1.82, 2.24) is 5.32 Å². The third-order valence-corrected chi connectivity index (χ3v) is 5.48. The van der Waals surface area contributed by atoms with Crippen LogP contribution in [0.2, 0.25) is 0 Å². The summed E-state index contributed by atoms with van der Waals surface area (Å²) in [5.41, 5.74) is 4.70. The van der Waals surface area contributed by atoms with E-state index in [0.717, 1.165) is 12.0 Å². The minimum atomic E-state index is 0.503. The highest BCUT2D eigenvalue weighted by molar-refractivity contribution is 5.35. The molecule has 1 fully saturated rings. The van der Waals surface area contributed by atoms with Gasteiger partial charge in [-0.25, -0.2) is 0 Å². The number of fused-ring (bicyclic) bond motifs is 1. The van der Waals surface area contributed by atoms with Crippen molar-refractivity contribution >= 4 is 0 Å². The summed E-state index contributed by atoms with van der Waals surface area (Å²) in [5.74, 6) is 0.961. The lowest BCUT2D eigenvalue weighted by Gasteiger charge is -2.23. The van der Waals surface area contributed by atoms with Gasteiger partial charge in [-0.15, -0.1) is 0 Å². The highest BCUT2D eigenvalue weighted by Gasteiger charge is 2.24. The first kappa shape index (κ1) is 14.1. The van der Waals surface area contributed by atoms with Crippen LogP contribution in [0.4, 0.5) is 0 Å². The Hall–Kier alpha value is -0.820. The Labute approximate surface area is 124 Å². The number of nitrogens with one attached hydrogen (secondary N) is 1. The van der Waals surface area contributed by atoms with Crippen molar-refractivity contribution in [3.63, 3.8) is 0 Å². The summed E-state index contributed by atoms with van der Waals surface area (Å²) in [6, 6.07) is 8.45. The third kappa shape index (κ3) is 3.09. The molecule has 20 heavy (non-hydrogen) atoms. The monoisotopic (exact) mass is 271 g/mol. The molecule has 1 aromatic rings. The fourth-order valence-corrected chi connectivity index (χ4v) is 4.07. The standard InChI is InChI=1S/C19H29N/c1-3-15-8-11-19(12-15)20-14(2)17-10-9-16-6-4-5-7-18(16)13-17/h9-10,13-15,19-20H,3-8,11-12H2,1-2H3. The van der Waals surface area contributed by atoms with Gasteiger partial charge in [-0.3, -0.25) is 0 Å². The van der Waals surface area contributed by atoms with Crippen LogP contribution in [-0.4, -0.2) is 6.04 Å². The minimum Gasteiger partial charge on any atom is -0.307 e. The van der Waals surface area contributed by atoms with Gasteiger partial charge in [0, 0.05) is 12.1 Å². The Bertz CT molecular complexity index is 451. The molecule has 3 rings (SSSR count). The number of hydrogen-bond donors (Lipinski definition) is 1. The average molecular weight is 271 g/mol. The zero-order valence-electron chi connectivity index (χ0n) is 13.1. The largest absolute Gasteiger partial charge is 0.307 e. The molecule has 3 unspecified atom stereocenters. The SMILES string of the molecule is CCC1CCC(NC(C)c2ccc3c(c2)CCCC3)C1. The molecule has 2 aliphatic rings. The lowest BCUT2D eigenvalue weighted by molar-refractivity contribution is 0.437. The molecule has 1 nitrogen and oxygen atoms in total. The number of rotatable bonds is 4. The van der Waals surface area contributed by atoms with E-state index in [1.165, 1.54) is 56.9 Å². The van der Waals surface area contributed by atoms with Crippen molar-refractivity contribution in [3.8, 4) is 0 Å². The zero-order valence-corrected chi connectivity index (χ0v) is 13.1. The van der Waals surface area contributed by atoms with Crippen molar-refractivity contribution in [2.24, 2.45) is 5.92 Å². The van der Waals surface area contributed by atoms with E-state index in [1.807, 2.05) is 0 Å². The van der Waals surface area contributed by atoms with Crippen molar-refractivity contribution in [2.45, 2.75) is 77.3 Å². The molecule has 0 aromatic heterocycles. The van der Waals surface area contributed by atoms with Crippen LogP contribution in [0.15, 0.2) is 18.2 Å². The van der Waals surface area contributed by atoms with Crippen molar-refractivity contribution in [1.29, 1.82) is 0 Å². The van der Waals surface area contributed by atoms with Gasteiger partial charge in [-0.2, -0.15) is 0 Å². The van der Waals surface area contributed by atoms with E-state index in [2.05, 4.69) is 37.4 Å². The molecule has 0 amide bonds. The molecule has 2 aliphatic carbocycles. The van der Waals surface area contributed by atoms with Gasteiger partial charge in [0.1, 0.15) is 0 Å². The van der Waals surface area contributed by atoms with Crippen LogP contribution in [0.1, 0.15) is 75.1 Å². The van der Waals surface area contributed by atoms with Gasteiger partial charge in [-0.05, 0) is 74.5 Å². The summed E-state index contributed by atoms with van der Waals surface area (Å²) in [4.78, 5) is 0. The summed E-state index contributed by atoms with van der Waals surface area (Å²) in [7, 11) is 0. The Balaban J connectivity index is 1.63. The molecule has 0 saturated heterocycles. The molecule has 0 spiro atoms. The third-order valence-electron chi connectivity index (χ3n) is 5.48. The highest BCUT2D eigenvalue weighted by atomic mass is 14.9. The molecule has 0 bridgehead atoms. The van der Waals surface area contributed by atoms with Crippen LogP contribution in [0, 0.1) is 5.92 Å². The Morgan fingerprint density at radius 3 is 2.70 bits per heavy atom. The molecule has 0 heterocycles. The summed E-state index contributed by atoms with van der Waals surface area (Å²) >= 11 is 0. The first-order valence-corrected chi connectivity index (χ1v) is 8.64. The summed E-state index contributed by atoms with van der Waals surface area (Å²) < 4.78 is 0. The van der Waals surface area contributed by atoms with E-state index >= 15 is 0 Å². The maximum atomic E-state index is 3.87. The maximum absolute atomic E-state index is 3.87. The molecule has 0 radical (unpaired) electrons. The van der Waals surface area contributed by atoms with Gasteiger partial charge in [0.25, 0.3) is 0 Å². The molecule has 1 N–H and O–H groups in total. The second kappa shape index (κ2) is 6.30. The van der Waals surface area contributed by atoms with E-state index in [0.29, 0.717) is 6.04 Å². The number of benzene rings is 1. The van der Waals surface area contributed by atoms with Crippen LogP contribution in [0.5, 0.6) is 0 Å².